The van der Waals surface area contributed by atoms with Gasteiger partial charge in [0.1, 0.15) is 25.1 Å². The zero-order valence-electron chi connectivity index (χ0n) is 15.1. The Kier molecular flexibility index (Phi) is 4.89. The van der Waals surface area contributed by atoms with Crippen molar-refractivity contribution in [1.29, 1.82) is 0 Å². The van der Waals surface area contributed by atoms with E-state index in [0.29, 0.717) is 11.2 Å². The molecule has 1 aromatic carbocycles. The molecule has 0 radical (unpaired) electrons. The van der Waals surface area contributed by atoms with E-state index in [9.17, 15) is 23.4 Å². The lowest BCUT2D eigenvalue weighted by Crippen LogP contribution is -2.30. The third-order valence-electron chi connectivity index (χ3n) is 4.71. The van der Waals surface area contributed by atoms with Crippen molar-refractivity contribution in [3.63, 3.8) is 0 Å². The molecule has 29 heavy (non-hydrogen) atoms. The molecule has 154 valence electrons. The van der Waals surface area contributed by atoms with Crippen molar-refractivity contribution in [2.75, 3.05) is 0 Å². The van der Waals surface area contributed by atoms with Crippen molar-refractivity contribution in [3.05, 3.63) is 48.0 Å². The Morgan fingerprint density at radius 3 is 2.66 bits per heavy atom. The second kappa shape index (κ2) is 7.25. The van der Waals surface area contributed by atoms with Gasteiger partial charge in [0.2, 0.25) is 5.88 Å². The minimum Gasteiger partial charge on any atom is -0.471 e. The minimum absolute atomic E-state index is 0.0762. The van der Waals surface area contributed by atoms with Gasteiger partial charge in [0.25, 0.3) is 0 Å². The van der Waals surface area contributed by atoms with Crippen LogP contribution in [0, 0.1) is 0 Å². The highest BCUT2D eigenvalue weighted by molar-refractivity contribution is 5.76. The summed E-state index contributed by atoms with van der Waals surface area (Å²) >= 11 is 0. The zero-order chi connectivity index (χ0) is 20.8. The number of rotatable bonds is 4. The smallest absolute Gasteiger partial charge is 0.416 e. The first-order valence-electron chi connectivity index (χ1n) is 8.74. The maximum absolute atomic E-state index is 12.9. The normalized spacial score (nSPS) is 24.9. The fourth-order valence-corrected chi connectivity index (χ4v) is 3.17. The van der Waals surface area contributed by atoms with E-state index in [2.05, 4.69) is 15.0 Å². The molecule has 4 atom stereocenters. The van der Waals surface area contributed by atoms with Crippen molar-refractivity contribution < 1.29 is 32.9 Å². The molecule has 1 saturated heterocycles. The fourth-order valence-electron chi connectivity index (χ4n) is 3.17. The van der Waals surface area contributed by atoms with E-state index in [0.717, 1.165) is 12.1 Å². The maximum Gasteiger partial charge on any atom is 0.416 e. The Morgan fingerprint density at radius 2 is 1.97 bits per heavy atom. The molecule has 3 aromatic rings. The van der Waals surface area contributed by atoms with Crippen LogP contribution in [0.2, 0.25) is 0 Å². The molecule has 0 aliphatic carbocycles. The topological polar surface area (TPSA) is 103 Å². The van der Waals surface area contributed by atoms with Gasteiger partial charge in [0.15, 0.2) is 17.4 Å². The molecule has 0 saturated carbocycles. The first-order valence-corrected chi connectivity index (χ1v) is 8.74. The summed E-state index contributed by atoms with van der Waals surface area (Å²) in [6.07, 6.45) is -5.57. The highest BCUT2D eigenvalue weighted by Gasteiger charge is 2.42. The van der Waals surface area contributed by atoms with Gasteiger partial charge in [-0.05, 0) is 24.6 Å². The number of halogens is 3. The van der Waals surface area contributed by atoms with Crippen LogP contribution in [0.4, 0.5) is 13.2 Å². The zero-order valence-corrected chi connectivity index (χ0v) is 15.1. The number of fused-ring (bicyclic) bond motifs is 1. The molecule has 0 spiro atoms. The van der Waals surface area contributed by atoms with Gasteiger partial charge in [0.05, 0.1) is 18.0 Å². The minimum atomic E-state index is -4.44. The van der Waals surface area contributed by atoms with E-state index in [4.69, 9.17) is 9.47 Å². The van der Waals surface area contributed by atoms with Gasteiger partial charge in [-0.15, -0.1) is 0 Å². The predicted octanol–water partition coefficient (Wildman–Crippen LogP) is 2.06. The van der Waals surface area contributed by atoms with Crippen LogP contribution in [0.1, 0.15) is 24.3 Å². The van der Waals surface area contributed by atoms with Gasteiger partial charge in [-0.25, -0.2) is 9.97 Å². The first-order chi connectivity index (χ1) is 13.8. The lowest BCUT2D eigenvalue weighted by Gasteiger charge is -2.16. The van der Waals surface area contributed by atoms with Gasteiger partial charge < -0.3 is 19.7 Å². The molecule has 1 aliphatic heterocycles. The number of aliphatic hydroxyl groups excluding tert-OH is 2. The summed E-state index contributed by atoms with van der Waals surface area (Å²) < 4.78 is 51.1. The fraction of sp³-hybridized carbons (Fsp3) is 0.389. The molecule has 11 heteroatoms. The van der Waals surface area contributed by atoms with Crippen molar-refractivity contribution >= 4 is 11.2 Å². The average molecular weight is 410 g/mol. The van der Waals surface area contributed by atoms with Crippen molar-refractivity contribution in [1.82, 2.24) is 19.5 Å². The number of hydrogen-bond donors (Lipinski definition) is 2. The quantitative estimate of drug-likeness (QED) is 0.679. The Hall–Kier alpha value is -2.76. The van der Waals surface area contributed by atoms with Crippen LogP contribution >= 0.6 is 0 Å². The van der Waals surface area contributed by atoms with Gasteiger partial charge in [0, 0.05) is 0 Å². The number of aromatic nitrogens is 4. The lowest BCUT2D eigenvalue weighted by atomic mass is 10.1. The second-order valence-electron chi connectivity index (χ2n) is 6.70. The molecule has 0 unspecified atom stereocenters. The summed E-state index contributed by atoms with van der Waals surface area (Å²) in [5, 5.41) is 20.1. The Balaban J connectivity index is 1.58. The third kappa shape index (κ3) is 3.63. The van der Waals surface area contributed by atoms with Gasteiger partial charge in [-0.1, -0.05) is 12.1 Å². The van der Waals surface area contributed by atoms with E-state index in [1.807, 2.05) is 0 Å². The highest BCUT2D eigenvalue weighted by atomic mass is 19.4. The molecule has 2 aromatic heterocycles. The molecule has 3 heterocycles. The van der Waals surface area contributed by atoms with Crippen LogP contribution < -0.4 is 4.74 Å². The third-order valence-corrected chi connectivity index (χ3v) is 4.71. The van der Waals surface area contributed by atoms with Crippen LogP contribution in [0.5, 0.6) is 5.88 Å². The van der Waals surface area contributed by atoms with Gasteiger partial charge in [-0.2, -0.15) is 18.2 Å². The lowest BCUT2D eigenvalue weighted by molar-refractivity contribution is -0.137. The number of alkyl halides is 3. The van der Waals surface area contributed by atoms with Gasteiger partial charge in [-0.3, -0.25) is 4.57 Å². The maximum atomic E-state index is 12.9. The molecular formula is C18H17F3N4O4. The van der Waals surface area contributed by atoms with Crippen molar-refractivity contribution in [2.45, 2.75) is 44.2 Å². The van der Waals surface area contributed by atoms with Gasteiger partial charge >= 0.3 is 6.18 Å². The summed E-state index contributed by atoms with van der Waals surface area (Å²) in [7, 11) is 0. The Labute approximate surface area is 162 Å². The number of aliphatic hydroxyl groups is 2. The van der Waals surface area contributed by atoms with Crippen molar-refractivity contribution in [3.8, 4) is 5.88 Å². The molecule has 2 N–H and O–H groups in total. The Morgan fingerprint density at radius 1 is 1.17 bits per heavy atom. The number of hydrogen-bond acceptors (Lipinski definition) is 7. The number of ether oxygens (including phenoxy) is 2. The largest absolute Gasteiger partial charge is 0.471 e. The number of benzene rings is 1. The molecular weight excluding hydrogens is 393 g/mol. The molecule has 0 amide bonds. The SMILES string of the molecule is C[C@H]1O[C@@H](n2cnc3c(OCc4cccc(C(F)(F)F)c4)ncnc32)[C@H](O)[C@@H]1O. The van der Waals surface area contributed by atoms with E-state index in [1.54, 1.807) is 6.92 Å². The molecule has 4 rings (SSSR count). The highest BCUT2D eigenvalue weighted by Crippen LogP contribution is 2.33. The summed E-state index contributed by atoms with van der Waals surface area (Å²) in [6.45, 7) is 1.48. The monoisotopic (exact) mass is 410 g/mol. The molecule has 0 bridgehead atoms. The molecule has 1 aliphatic rings. The van der Waals surface area contributed by atoms with Crippen LogP contribution in [-0.2, 0) is 17.5 Å². The van der Waals surface area contributed by atoms with Crippen molar-refractivity contribution in [2.24, 2.45) is 0 Å². The standard InChI is InChI=1S/C18H17F3N4O4/c1-9-13(26)14(27)17(29-9)25-8-24-12-15(25)22-7-23-16(12)28-6-10-3-2-4-11(5-10)18(19,20)21/h2-5,7-9,13-14,17,26-27H,6H2,1H3/t9-,13-,14-,17-/m1/s1. The summed E-state index contributed by atoms with van der Waals surface area (Å²) in [5.41, 5.74) is 0.0991. The second-order valence-corrected chi connectivity index (χ2v) is 6.70. The van der Waals surface area contributed by atoms with E-state index < -0.39 is 36.3 Å². The van der Waals surface area contributed by atoms with Crippen LogP contribution in [0.3, 0.4) is 0 Å². The Bertz CT molecular complexity index is 1030. The number of imidazole rings is 1. The van der Waals surface area contributed by atoms with E-state index in [-0.39, 0.29) is 18.0 Å². The predicted molar refractivity (Wildman–Crippen MR) is 92.7 cm³/mol. The van der Waals surface area contributed by atoms with Crippen LogP contribution in [0.25, 0.3) is 11.2 Å². The molecule has 8 nitrogen and oxygen atoms in total. The summed E-state index contributed by atoms with van der Waals surface area (Å²) in [5.74, 6) is 0.0762. The van der Waals surface area contributed by atoms with Crippen LogP contribution in [0.15, 0.2) is 36.9 Å². The van der Waals surface area contributed by atoms with Crippen LogP contribution in [-0.4, -0.2) is 48.0 Å². The molecule has 1 fully saturated rings. The number of nitrogens with zero attached hydrogens (tertiary/aromatic N) is 4. The van der Waals surface area contributed by atoms with E-state index in [1.165, 1.54) is 29.4 Å². The summed E-state index contributed by atoms with van der Waals surface area (Å²) in [6, 6.07) is 4.80. The van der Waals surface area contributed by atoms with E-state index >= 15 is 0 Å². The first kappa shape index (κ1) is 19.6. The summed E-state index contributed by atoms with van der Waals surface area (Å²) in [4.78, 5) is 12.3. The average Bonchev–Trinajstić information content (AvgIpc) is 3.23.